The summed E-state index contributed by atoms with van der Waals surface area (Å²) < 4.78 is 42.0. The fourth-order valence-electron chi connectivity index (χ4n) is 1.89. The summed E-state index contributed by atoms with van der Waals surface area (Å²) in [5, 5.41) is -0.143. The first kappa shape index (κ1) is 15.3. The molecule has 0 bridgehead atoms. The van der Waals surface area contributed by atoms with E-state index in [4.69, 9.17) is 5.73 Å². The average molecular weight is 312 g/mol. The molecule has 3 N–H and O–H groups in total. The number of hydrogen-bond donors (Lipinski definition) is 2. The zero-order valence-corrected chi connectivity index (χ0v) is 12.6. The Balaban J connectivity index is 2.34. The van der Waals surface area contributed by atoms with E-state index < -0.39 is 15.8 Å². The van der Waals surface area contributed by atoms with Crippen LogP contribution in [0.25, 0.3) is 0 Å². The number of nitrogens with two attached hydrogens (primary N) is 1. The molecule has 0 radical (unpaired) electrons. The van der Waals surface area contributed by atoms with Gasteiger partial charge in [-0.05, 0) is 31.5 Å². The second-order valence-electron chi connectivity index (χ2n) is 4.66. The van der Waals surface area contributed by atoms with Crippen LogP contribution in [0.15, 0.2) is 29.4 Å². The highest BCUT2D eigenvalue weighted by atomic mass is 32.2. The number of aryl methyl sites for hydroxylation is 2. The van der Waals surface area contributed by atoms with Crippen molar-refractivity contribution in [1.82, 2.24) is 9.55 Å². The van der Waals surface area contributed by atoms with E-state index in [9.17, 15) is 12.8 Å². The van der Waals surface area contributed by atoms with Gasteiger partial charge in [-0.15, -0.1) is 0 Å². The van der Waals surface area contributed by atoms with Crippen LogP contribution in [0.3, 0.4) is 0 Å². The van der Waals surface area contributed by atoms with Crippen LogP contribution >= 0.6 is 0 Å². The first-order valence-electron chi connectivity index (χ1n) is 6.45. The van der Waals surface area contributed by atoms with E-state index >= 15 is 0 Å². The first-order chi connectivity index (χ1) is 9.83. The van der Waals surface area contributed by atoms with Crippen LogP contribution in [-0.4, -0.2) is 18.0 Å². The Bertz CT molecular complexity index is 756. The van der Waals surface area contributed by atoms with Gasteiger partial charge < -0.3 is 10.3 Å². The number of sulfonamides is 1. The van der Waals surface area contributed by atoms with Gasteiger partial charge in [-0.2, -0.15) is 8.42 Å². The summed E-state index contributed by atoms with van der Waals surface area (Å²) in [4.78, 5) is 4.01. The van der Waals surface area contributed by atoms with E-state index in [0.717, 1.165) is 12.5 Å². The molecule has 2 aromatic rings. The highest BCUT2D eigenvalue weighted by Gasteiger charge is 2.20. The number of halogens is 1. The maximum atomic E-state index is 13.6. The van der Waals surface area contributed by atoms with Gasteiger partial charge in [0, 0.05) is 18.4 Å². The summed E-state index contributed by atoms with van der Waals surface area (Å²) >= 11 is 0. The van der Waals surface area contributed by atoms with Crippen molar-refractivity contribution >= 4 is 21.4 Å². The number of hydrogen-bond acceptors (Lipinski definition) is 4. The number of nitrogen functional groups attached to an aromatic ring is 1. The van der Waals surface area contributed by atoms with Gasteiger partial charge in [0.1, 0.15) is 11.6 Å². The lowest BCUT2D eigenvalue weighted by Crippen LogP contribution is -2.14. The Kier molecular flexibility index (Phi) is 4.17. The maximum absolute atomic E-state index is 13.6. The Morgan fingerprint density at radius 3 is 2.81 bits per heavy atom. The highest BCUT2D eigenvalue weighted by molar-refractivity contribution is 7.92. The fourth-order valence-corrected chi connectivity index (χ4v) is 2.96. The Hall–Kier alpha value is -2.09. The van der Waals surface area contributed by atoms with Gasteiger partial charge >= 0.3 is 0 Å². The molecule has 1 aromatic carbocycles. The third kappa shape index (κ3) is 3.33. The van der Waals surface area contributed by atoms with Gasteiger partial charge in [-0.3, -0.25) is 4.72 Å². The zero-order chi connectivity index (χ0) is 15.6. The van der Waals surface area contributed by atoms with Crippen LogP contribution in [0.5, 0.6) is 0 Å². The van der Waals surface area contributed by atoms with Crippen molar-refractivity contribution in [3.8, 4) is 0 Å². The molecule has 8 heteroatoms. The van der Waals surface area contributed by atoms with E-state index in [1.165, 1.54) is 18.3 Å². The SMILES string of the molecule is CCCn1cc(S(=O)(=O)Nc2cc(N)ccc2F)nc1C. The number of anilines is 2. The van der Waals surface area contributed by atoms with Crippen molar-refractivity contribution in [2.75, 3.05) is 10.5 Å². The number of rotatable bonds is 5. The van der Waals surface area contributed by atoms with Gasteiger partial charge in [-0.1, -0.05) is 6.92 Å². The van der Waals surface area contributed by atoms with Crippen LogP contribution in [0.1, 0.15) is 19.2 Å². The first-order valence-corrected chi connectivity index (χ1v) is 7.93. The maximum Gasteiger partial charge on any atom is 0.281 e. The minimum atomic E-state index is -3.95. The third-order valence-corrected chi connectivity index (χ3v) is 4.16. The van der Waals surface area contributed by atoms with Crippen molar-refractivity contribution in [2.45, 2.75) is 31.8 Å². The molecule has 0 fully saturated rings. The molecule has 1 aromatic heterocycles. The number of nitrogens with one attached hydrogen (secondary N) is 1. The topological polar surface area (TPSA) is 90.0 Å². The lowest BCUT2D eigenvalue weighted by Gasteiger charge is -2.07. The van der Waals surface area contributed by atoms with Crippen LogP contribution in [-0.2, 0) is 16.6 Å². The molecule has 0 atom stereocenters. The largest absolute Gasteiger partial charge is 0.399 e. The summed E-state index contributed by atoms with van der Waals surface area (Å²) in [5.74, 6) is -0.109. The van der Waals surface area contributed by atoms with Gasteiger partial charge in [0.05, 0.1) is 5.69 Å². The number of nitrogens with zero attached hydrogens (tertiary/aromatic N) is 2. The Labute approximate surface area is 122 Å². The fraction of sp³-hybridized carbons (Fsp3) is 0.308. The molecule has 0 aliphatic heterocycles. The molecular weight excluding hydrogens is 295 g/mol. The second kappa shape index (κ2) is 5.72. The molecule has 114 valence electrons. The van der Waals surface area contributed by atoms with Gasteiger partial charge in [-0.25, -0.2) is 9.37 Å². The van der Waals surface area contributed by atoms with Crippen molar-refractivity contribution < 1.29 is 12.8 Å². The molecule has 21 heavy (non-hydrogen) atoms. The molecule has 0 spiro atoms. The molecular formula is C13H17FN4O2S. The molecule has 6 nitrogen and oxygen atoms in total. The Morgan fingerprint density at radius 2 is 2.14 bits per heavy atom. The Morgan fingerprint density at radius 1 is 1.43 bits per heavy atom. The van der Waals surface area contributed by atoms with E-state index in [1.807, 2.05) is 6.92 Å². The molecule has 0 aliphatic carbocycles. The predicted molar refractivity (Wildman–Crippen MR) is 78.9 cm³/mol. The average Bonchev–Trinajstić information content (AvgIpc) is 2.77. The summed E-state index contributed by atoms with van der Waals surface area (Å²) in [5.41, 5.74) is 5.60. The summed E-state index contributed by atoms with van der Waals surface area (Å²) in [7, 11) is -3.95. The molecule has 0 unspecified atom stereocenters. The molecule has 0 saturated heterocycles. The molecule has 2 rings (SSSR count). The molecule has 0 aliphatic rings. The van der Waals surface area contributed by atoms with Gasteiger partial charge in [0.25, 0.3) is 10.0 Å². The minimum absolute atomic E-state index is 0.143. The lowest BCUT2D eigenvalue weighted by molar-refractivity contribution is 0.595. The molecule has 1 heterocycles. The van der Waals surface area contributed by atoms with Crippen LogP contribution < -0.4 is 10.5 Å². The zero-order valence-electron chi connectivity index (χ0n) is 11.8. The van der Waals surface area contributed by atoms with E-state index in [0.29, 0.717) is 12.4 Å². The van der Waals surface area contributed by atoms with Crippen LogP contribution in [0, 0.1) is 12.7 Å². The highest BCUT2D eigenvalue weighted by Crippen LogP contribution is 2.21. The number of aromatic nitrogens is 2. The van der Waals surface area contributed by atoms with Crippen molar-refractivity contribution in [1.29, 1.82) is 0 Å². The van der Waals surface area contributed by atoms with E-state index in [2.05, 4.69) is 9.71 Å². The quantitative estimate of drug-likeness (QED) is 0.828. The van der Waals surface area contributed by atoms with Crippen molar-refractivity contribution in [3.05, 3.63) is 36.0 Å². The van der Waals surface area contributed by atoms with E-state index in [1.54, 1.807) is 11.5 Å². The smallest absolute Gasteiger partial charge is 0.281 e. The van der Waals surface area contributed by atoms with Crippen LogP contribution in [0.4, 0.5) is 15.8 Å². The van der Waals surface area contributed by atoms with E-state index in [-0.39, 0.29) is 16.4 Å². The summed E-state index contributed by atoms with van der Waals surface area (Å²) in [6.07, 6.45) is 2.29. The van der Waals surface area contributed by atoms with Gasteiger partial charge in [0.15, 0.2) is 5.03 Å². The van der Waals surface area contributed by atoms with Crippen LogP contribution in [0.2, 0.25) is 0 Å². The van der Waals surface area contributed by atoms with Crippen molar-refractivity contribution in [2.24, 2.45) is 0 Å². The molecule has 0 saturated carbocycles. The minimum Gasteiger partial charge on any atom is -0.399 e. The normalized spacial score (nSPS) is 11.6. The standard InChI is InChI=1S/C13H17FN4O2S/c1-3-6-18-8-13(16-9(18)2)21(19,20)17-12-7-10(15)4-5-11(12)14/h4-5,7-8,17H,3,6,15H2,1-2H3. The summed E-state index contributed by atoms with van der Waals surface area (Å²) in [6, 6.07) is 3.68. The third-order valence-electron chi connectivity index (χ3n) is 2.93. The second-order valence-corrected chi connectivity index (χ2v) is 6.29. The predicted octanol–water partition coefficient (Wildman–Crippen LogP) is 2.12. The number of benzene rings is 1. The van der Waals surface area contributed by atoms with Crippen molar-refractivity contribution in [3.63, 3.8) is 0 Å². The number of imidazole rings is 1. The van der Waals surface area contributed by atoms with Gasteiger partial charge in [0.2, 0.25) is 0 Å². The monoisotopic (exact) mass is 312 g/mol. The summed E-state index contributed by atoms with van der Waals surface area (Å²) in [6.45, 7) is 4.37. The lowest BCUT2D eigenvalue weighted by atomic mass is 10.3. The molecule has 0 amide bonds.